The molecule has 0 saturated heterocycles. The molecule has 24 heavy (non-hydrogen) atoms. The lowest BCUT2D eigenvalue weighted by Crippen LogP contribution is -2.25. The minimum Gasteiger partial charge on any atom is -0.473 e. The van der Waals surface area contributed by atoms with Crippen LogP contribution in [-0.4, -0.2) is 40.5 Å². The van der Waals surface area contributed by atoms with Crippen molar-refractivity contribution >= 4 is 40.1 Å². The molecule has 1 atom stereocenters. The average molecular weight is 352 g/mol. The van der Waals surface area contributed by atoms with Gasteiger partial charge in [0.1, 0.15) is 17.8 Å². The summed E-state index contributed by atoms with van der Waals surface area (Å²) >= 11 is 5.91. The van der Waals surface area contributed by atoms with E-state index in [9.17, 15) is 14.9 Å². The summed E-state index contributed by atoms with van der Waals surface area (Å²) in [4.78, 5) is 29.6. The van der Waals surface area contributed by atoms with Crippen molar-refractivity contribution in [3.8, 4) is 0 Å². The zero-order valence-corrected chi connectivity index (χ0v) is 13.7. The fourth-order valence-electron chi connectivity index (χ4n) is 2.40. The molecule has 0 spiro atoms. The molecule has 1 aromatic heterocycles. The third-order valence-corrected chi connectivity index (χ3v) is 3.59. The minimum atomic E-state index is -0.743. The van der Waals surface area contributed by atoms with Gasteiger partial charge in [0.15, 0.2) is 6.04 Å². The van der Waals surface area contributed by atoms with Crippen LogP contribution < -0.4 is 0 Å². The lowest BCUT2D eigenvalue weighted by molar-refractivity contribution is -0.383. The highest BCUT2D eigenvalue weighted by molar-refractivity contribution is 6.31. The van der Waals surface area contributed by atoms with E-state index in [4.69, 9.17) is 21.1 Å². The van der Waals surface area contributed by atoms with E-state index in [0.717, 1.165) is 0 Å². The Bertz CT molecular complexity index is 858. The van der Waals surface area contributed by atoms with Gasteiger partial charge in [-0.2, -0.15) is 0 Å². The van der Waals surface area contributed by atoms with Crippen LogP contribution in [0.2, 0.25) is 5.02 Å². The van der Waals surface area contributed by atoms with Crippen molar-refractivity contribution in [3.05, 3.63) is 39.0 Å². The topological polar surface area (TPSA) is 107 Å². The molecule has 1 aliphatic heterocycles. The first kappa shape index (κ1) is 16.3. The number of aromatic amines is 1. The number of rotatable bonds is 4. The van der Waals surface area contributed by atoms with E-state index in [-0.39, 0.29) is 29.3 Å². The van der Waals surface area contributed by atoms with E-state index >= 15 is 0 Å². The Labute approximate surface area is 141 Å². The standard InChI is InChI=1S/C15H14ClN3O5/c1-7(2)24-15(20)11-6-23-14(18-11)10-4-8-3-9(16)5-12(19(21)22)13(8)17-10/h3-5,7,11,17H,6H2,1-2H3/t11-/m0/s1. The minimum absolute atomic E-state index is 0.0686. The predicted molar refractivity (Wildman–Crippen MR) is 87.5 cm³/mol. The molecule has 0 saturated carbocycles. The van der Waals surface area contributed by atoms with Crippen LogP contribution in [0.1, 0.15) is 19.5 Å². The molecule has 8 nitrogen and oxygen atoms in total. The van der Waals surface area contributed by atoms with Gasteiger partial charge in [0.25, 0.3) is 5.69 Å². The van der Waals surface area contributed by atoms with Crippen molar-refractivity contribution in [3.63, 3.8) is 0 Å². The summed E-state index contributed by atoms with van der Waals surface area (Å²) in [6.45, 7) is 3.57. The number of H-pyrrole nitrogens is 1. The Hall–Kier alpha value is -2.61. The Morgan fingerprint density at radius 2 is 2.25 bits per heavy atom. The molecule has 2 heterocycles. The van der Waals surface area contributed by atoms with E-state index in [0.29, 0.717) is 16.6 Å². The summed E-state index contributed by atoms with van der Waals surface area (Å²) in [6.07, 6.45) is -0.241. The molecule has 126 valence electrons. The van der Waals surface area contributed by atoms with E-state index in [1.54, 1.807) is 26.0 Å². The third-order valence-electron chi connectivity index (χ3n) is 3.37. The number of nitro groups is 1. The SMILES string of the molecule is CC(C)OC(=O)[C@@H]1COC(c2cc3cc(Cl)cc([N+](=O)[O-])c3[nH]2)=N1. The zero-order valence-electron chi connectivity index (χ0n) is 12.9. The summed E-state index contributed by atoms with van der Waals surface area (Å²) < 4.78 is 10.5. The number of hydrogen-bond acceptors (Lipinski definition) is 6. The van der Waals surface area contributed by atoms with Gasteiger partial charge >= 0.3 is 5.97 Å². The molecule has 0 aliphatic carbocycles. The zero-order chi connectivity index (χ0) is 17.4. The number of halogens is 1. The summed E-state index contributed by atoms with van der Waals surface area (Å²) in [6, 6.07) is 3.77. The average Bonchev–Trinajstić information content (AvgIpc) is 3.11. The number of esters is 1. The van der Waals surface area contributed by atoms with Crippen molar-refractivity contribution in [1.82, 2.24) is 4.98 Å². The summed E-state index contributed by atoms with van der Waals surface area (Å²) in [7, 11) is 0. The highest BCUT2D eigenvalue weighted by atomic mass is 35.5. The smallest absolute Gasteiger partial charge is 0.334 e. The van der Waals surface area contributed by atoms with Crippen molar-refractivity contribution in [2.45, 2.75) is 26.0 Å². The van der Waals surface area contributed by atoms with Crippen LogP contribution >= 0.6 is 11.6 Å². The first-order chi connectivity index (χ1) is 11.3. The van der Waals surface area contributed by atoms with Gasteiger partial charge in [-0.3, -0.25) is 10.1 Å². The van der Waals surface area contributed by atoms with Gasteiger partial charge in [0.2, 0.25) is 5.90 Å². The van der Waals surface area contributed by atoms with Gasteiger partial charge < -0.3 is 14.5 Å². The third kappa shape index (κ3) is 3.05. The van der Waals surface area contributed by atoms with Crippen LogP contribution in [0.4, 0.5) is 5.69 Å². The van der Waals surface area contributed by atoms with Crippen LogP contribution in [0.15, 0.2) is 23.2 Å². The van der Waals surface area contributed by atoms with Crippen molar-refractivity contribution in [1.29, 1.82) is 0 Å². The lowest BCUT2D eigenvalue weighted by Gasteiger charge is -2.09. The Kier molecular flexibility index (Phi) is 4.15. The van der Waals surface area contributed by atoms with Crippen molar-refractivity contribution < 1.29 is 19.2 Å². The molecular formula is C15H14ClN3O5. The first-order valence-corrected chi connectivity index (χ1v) is 7.61. The largest absolute Gasteiger partial charge is 0.473 e. The molecule has 1 N–H and O–H groups in total. The summed E-state index contributed by atoms with van der Waals surface area (Å²) in [5, 5.41) is 12.0. The second-order valence-electron chi connectivity index (χ2n) is 5.58. The van der Waals surface area contributed by atoms with Crippen LogP contribution in [0, 0.1) is 10.1 Å². The van der Waals surface area contributed by atoms with Gasteiger partial charge in [-0.25, -0.2) is 9.79 Å². The number of fused-ring (bicyclic) bond motifs is 1. The van der Waals surface area contributed by atoms with Gasteiger partial charge in [-0.05, 0) is 26.0 Å². The van der Waals surface area contributed by atoms with Crippen LogP contribution in [0.25, 0.3) is 10.9 Å². The van der Waals surface area contributed by atoms with E-state index < -0.39 is 16.9 Å². The Morgan fingerprint density at radius 3 is 2.92 bits per heavy atom. The fourth-order valence-corrected chi connectivity index (χ4v) is 2.62. The molecule has 0 radical (unpaired) electrons. The second-order valence-corrected chi connectivity index (χ2v) is 6.01. The van der Waals surface area contributed by atoms with Gasteiger partial charge in [-0.15, -0.1) is 0 Å². The number of nitrogens with one attached hydrogen (secondary N) is 1. The van der Waals surface area contributed by atoms with Gasteiger partial charge in [0.05, 0.1) is 11.0 Å². The molecule has 0 fully saturated rings. The molecule has 0 amide bonds. The molecule has 0 bridgehead atoms. The number of carbonyl (C=O) groups excluding carboxylic acids is 1. The molecular weight excluding hydrogens is 338 g/mol. The van der Waals surface area contributed by atoms with Crippen LogP contribution in [-0.2, 0) is 14.3 Å². The Morgan fingerprint density at radius 1 is 1.50 bits per heavy atom. The highest BCUT2D eigenvalue weighted by Gasteiger charge is 2.29. The fraction of sp³-hybridized carbons (Fsp3) is 0.333. The number of hydrogen-bond donors (Lipinski definition) is 1. The molecule has 3 rings (SSSR count). The Balaban J connectivity index is 1.95. The van der Waals surface area contributed by atoms with Crippen LogP contribution in [0.3, 0.4) is 0 Å². The maximum atomic E-state index is 11.9. The number of aromatic nitrogens is 1. The number of carbonyl (C=O) groups is 1. The van der Waals surface area contributed by atoms with E-state index in [2.05, 4.69) is 9.98 Å². The number of non-ortho nitro benzene ring substituents is 1. The number of aliphatic imine (C=N–C) groups is 1. The summed E-state index contributed by atoms with van der Waals surface area (Å²) in [5.41, 5.74) is 0.618. The number of nitrogens with zero attached hydrogens (tertiary/aromatic N) is 2. The predicted octanol–water partition coefficient (Wildman–Crippen LogP) is 2.83. The monoisotopic (exact) mass is 351 g/mol. The van der Waals surface area contributed by atoms with Crippen LogP contribution in [0.5, 0.6) is 0 Å². The molecule has 1 aromatic carbocycles. The molecule has 9 heteroatoms. The van der Waals surface area contributed by atoms with E-state index in [1.165, 1.54) is 6.07 Å². The van der Waals surface area contributed by atoms with Crippen molar-refractivity contribution in [2.24, 2.45) is 4.99 Å². The maximum absolute atomic E-state index is 11.9. The normalized spacial score (nSPS) is 17.0. The molecule has 1 aliphatic rings. The maximum Gasteiger partial charge on any atom is 0.334 e. The van der Waals surface area contributed by atoms with Crippen molar-refractivity contribution in [2.75, 3.05) is 6.61 Å². The quantitative estimate of drug-likeness (QED) is 0.517. The highest BCUT2D eigenvalue weighted by Crippen LogP contribution is 2.30. The summed E-state index contributed by atoms with van der Waals surface area (Å²) in [5.74, 6) is -0.257. The lowest BCUT2D eigenvalue weighted by atomic mass is 10.2. The van der Waals surface area contributed by atoms with E-state index in [1.807, 2.05) is 0 Å². The number of nitro benzene ring substituents is 1. The second kappa shape index (κ2) is 6.12. The first-order valence-electron chi connectivity index (χ1n) is 7.23. The molecule has 0 unspecified atom stereocenters. The number of ether oxygens (including phenoxy) is 2. The van der Waals surface area contributed by atoms with Gasteiger partial charge in [0, 0.05) is 16.5 Å². The number of benzene rings is 1. The van der Waals surface area contributed by atoms with Gasteiger partial charge in [-0.1, -0.05) is 11.6 Å². The molecule has 2 aromatic rings.